The van der Waals surface area contributed by atoms with Gasteiger partial charge in [-0.3, -0.25) is 4.79 Å². The minimum absolute atomic E-state index is 0.0185. The van der Waals surface area contributed by atoms with Gasteiger partial charge in [0.05, 0.1) is 11.6 Å². The van der Waals surface area contributed by atoms with Crippen molar-refractivity contribution in [2.75, 3.05) is 17.2 Å². The lowest BCUT2D eigenvalue weighted by atomic mass is 10.1. The van der Waals surface area contributed by atoms with Gasteiger partial charge in [0.25, 0.3) is 0 Å². The van der Waals surface area contributed by atoms with Gasteiger partial charge in [-0.1, -0.05) is 17.7 Å². The molecule has 0 aliphatic rings. The van der Waals surface area contributed by atoms with Gasteiger partial charge in [-0.15, -0.1) is 0 Å². The fraction of sp³-hybridized carbons (Fsp3) is 0.188. The van der Waals surface area contributed by atoms with Gasteiger partial charge in [-0.2, -0.15) is 0 Å². The zero-order valence-corrected chi connectivity index (χ0v) is 12.6. The lowest BCUT2D eigenvalue weighted by molar-refractivity contribution is -0.114. The summed E-state index contributed by atoms with van der Waals surface area (Å²) in [6.45, 7) is 4.12. The first-order valence-electron chi connectivity index (χ1n) is 6.51. The molecule has 0 radical (unpaired) electrons. The Kier molecular flexibility index (Phi) is 4.81. The number of amides is 1. The van der Waals surface area contributed by atoms with Crippen LogP contribution in [-0.2, 0) is 4.79 Å². The van der Waals surface area contributed by atoms with Gasteiger partial charge in [-0.25, -0.2) is 4.39 Å². The van der Waals surface area contributed by atoms with Crippen LogP contribution in [0.2, 0.25) is 5.02 Å². The molecule has 5 heteroatoms. The van der Waals surface area contributed by atoms with Crippen LogP contribution in [0.1, 0.15) is 11.1 Å². The number of aryl methyl sites for hydroxylation is 2. The molecule has 0 fully saturated rings. The molecule has 3 nitrogen and oxygen atoms in total. The number of rotatable bonds is 4. The number of hydrogen-bond acceptors (Lipinski definition) is 2. The molecule has 0 spiro atoms. The minimum Gasteiger partial charge on any atom is -0.376 e. The van der Waals surface area contributed by atoms with E-state index in [9.17, 15) is 9.18 Å². The van der Waals surface area contributed by atoms with Crippen molar-refractivity contribution in [2.24, 2.45) is 0 Å². The summed E-state index contributed by atoms with van der Waals surface area (Å²) in [6.07, 6.45) is 0. The molecule has 2 rings (SSSR count). The smallest absolute Gasteiger partial charge is 0.243 e. The molecule has 2 N–H and O–H groups in total. The topological polar surface area (TPSA) is 41.1 Å². The van der Waals surface area contributed by atoms with E-state index in [2.05, 4.69) is 16.7 Å². The predicted octanol–water partition coefficient (Wildman–Crippen LogP) is 4.15. The molecule has 0 unspecified atom stereocenters. The zero-order valence-electron chi connectivity index (χ0n) is 11.8. The molecule has 0 aliphatic heterocycles. The summed E-state index contributed by atoms with van der Waals surface area (Å²) in [6, 6.07) is 10.1. The summed E-state index contributed by atoms with van der Waals surface area (Å²) in [5, 5.41) is 5.69. The standard InChI is InChI=1S/C16H16ClFN2O/c1-10-5-11(2)7-13(6-10)19-9-16(21)20-12-3-4-15(18)14(17)8-12/h3-8,19H,9H2,1-2H3,(H,20,21). The second-order valence-electron chi connectivity index (χ2n) is 4.91. The van der Waals surface area contributed by atoms with Crippen LogP contribution in [0.5, 0.6) is 0 Å². The first-order chi connectivity index (χ1) is 9.94. The Bertz CT molecular complexity index is 653. The summed E-state index contributed by atoms with van der Waals surface area (Å²) in [5.74, 6) is -0.736. The van der Waals surface area contributed by atoms with E-state index in [0.717, 1.165) is 16.8 Å². The highest BCUT2D eigenvalue weighted by atomic mass is 35.5. The maximum Gasteiger partial charge on any atom is 0.243 e. The van der Waals surface area contributed by atoms with Crippen LogP contribution in [0.4, 0.5) is 15.8 Å². The highest BCUT2D eigenvalue weighted by Gasteiger charge is 2.05. The molecule has 0 heterocycles. The Morgan fingerprint density at radius 1 is 1.10 bits per heavy atom. The van der Waals surface area contributed by atoms with E-state index in [0.29, 0.717) is 5.69 Å². The minimum atomic E-state index is -0.511. The van der Waals surface area contributed by atoms with Crippen molar-refractivity contribution >= 4 is 28.9 Å². The molecule has 1 amide bonds. The third-order valence-electron chi connectivity index (χ3n) is 2.88. The van der Waals surface area contributed by atoms with Gasteiger partial charge < -0.3 is 10.6 Å². The number of halogens is 2. The Balaban J connectivity index is 1.94. The predicted molar refractivity (Wildman–Crippen MR) is 84.4 cm³/mol. The van der Waals surface area contributed by atoms with Gasteiger partial charge in [-0.05, 0) is 55.3 Å². The summed E-state index contributed by atoms with van der Waals surface area (Å²) in [4.78, 5) is 11.8. The maximum atomic E-state index is 13.0. The maximum absolute atomic E-state index is 13.0. The van der Waals surface area contributed by atoms with Crippen LogP contribution >= 0.6 is 11.6 Å². The number of carbonyl (C=O) groups excluding carboxylic acids is 1. The van der Waals surface area contributed by atoms with Gasteiger partial charge in [0.2, 0.25) is 5.91 Å². The van der Waals surface area contributed by atoms with E-state index >= 15 is 0 Å². The van der Waals surface area contributed by atoms with Crippen LogP contribution in [-0.4, -0.2) is 12.5 Å². The van der Waals surface area contributed by atoms with Crippen molar-refractivity contribution in [3.8, 4) is 0 Å². The molecule has 2 aromatic carbocycles. The highest BCUT2D eigenvalue weighted by molar-refractivity contribution is 6.31. The molecule has 0 bridgehead atoms. The number of carbonyl (C=O) groups is 1. The zero-order chi connectivity index (χ0) is 15.4. The van der Waals surface area contributed by atoms with E-state index in [1.165, 1.54) is 18.2 Å². The molecule has 0 atom stereocenters. The van der Waals surface area contributed by atoms with Crippen LogP contribution in [0.25, 0.3) is 0 Å². The first-order valence-corrected chi connectivity index (χ1v) is 6.89. The van der Waals surface area contributed by atoms with Gasteiger partial charge in [0, 0.05) is 11.4 Å². The highest BCUT2D eigenvalue weighted by Crippen LogP contribution is 2.19. The fourth-order valence-electron chi connectivity index (χ4n) is 2.04. The Morgan fingerprint density at radius 3 is 2.38 bits per heavy atom. The first kappa shape index (κ1) is 15.3. The molecular formula is C16H16ClFN2O. The van der Waals surface area contributed by atoms with Crippen LogP contribution in [0.15, 0.2) is 36.4 Å². The van der Waals surface area contributed by atoms with Crippen molar-refractivity contribution in [1.82, 2.24) is 0 Å². The SMILES string of the molecule is Cc1cc(C)cc(NCC(=O)Nc2ccc(F)c(Cl)c2)c1. The number of benzene rings is 2. The van der Waals surface area contributed by atoms with E-state index in [1.54, 1.807) is 0 Å². The van der Waals surface area contributed by atoms with Crippen molar-refractivity contribution in [1.29, 1.82) is 0 Å². The van der Waals surface area contributed by atoms with Crippen molar-refractivity contribution in [3.63, 3.8) is 0 Å². The summed E-state index contributed by atoms with van der Waals surface area (Å²) in [5.41, 5.74) is 3.61. The molecule has 0 aliphatic carbocycles. The van der Waals surface area contributed by atoms with Gasteiger partial charge in [0.15, 0.2) is 0 Å². The van der Waals surface area contributed by atoms with Crippen LogP contribution < -0.4 is 10.6 Å². The normalized spacial score (nSPS) is 10.3. The van der Waals surface area contributed by atoms with Crippen molar-refractivity contribution in [2.45, 2.75) is 13.8 Å². The van der Waals surface area contributed by atoms with E-state index in [1.807, 2.05) is 26.0 Å². The summed E-state index contributed by atoms with van der Waals surface area (Å²) in [7, 11) is 0. The Hall–Kier alpha value is -2.07. The molecule has 0 saturated carbocycles. The third-order valence-corrected chi connectivity index (χ3v) is 3.17. The van der Waals surface area contributed by atoms with Crippen molar-refractivity contribution < 1.29 is 9.18 Å². The molecule has 2 aromatic rings. The van der Waals surface area contributed by atoms with E-state index < -0.39 is 5.82 Å². The quantitative estimate of drug-likeness (QED) is 0.891. The third kappa shape index (κ3) is 4.46. The molecule has 0 saturated heterocycles. The number of nitrogens with one attached hydrogen (secondary N) is 2. The van der Waals surface area contributed by atoms with Gasteiger partial charge in [0.1, 0.15) is 5.82 Å². The van der Waals surface area contributed by atoms with E-state index in [-0.39, 0.29) is 17.5 Å². The molecule has 110 valence electrons. The average Bonchev–Trinajstić information content (AvgIpc) is 2.40. The monoisotopic (exact) mass is 306 g/mol. The molecular weight excluding hydrogens is 291 g/mol. The van der Waals surface area contributed by atoms with Crippen LogP contribution in [0.3, 0.4) is 0 Å². The van der Waals surface area contributed by atoms with Gasteiger partial charge >= 0.3 is 0 Å². The second kappa shape index (κ2) is 6.59. The summed E-state index contributed by atoms with van der Waals surface area (Å²) >= 11 is 5.66. The Labute approximate surface area is 128 Å². The number of hydrogen-bond donors (Lipinski definition) is 2. The second-order valence-corrected chi connectivity index (χ2v) is 5.31. The molecule has 0 aromatic heterocycles. The van der Waals surface area contributed by atoms with Crippen molar-refractivity contribution in [3.05, 3.63) is 58.4 Å². The Morgan fingerprint density at radius 2 is 1.76 bits per heavy atom. The lowest BCUT2D eigenvalue weighted by Crippen LogP contribution is -2.21. The molecule has 21 heavy (non-hydrogen) atoms. The van der Waals surface area contributed by atoms with Crippen LogP contribution in [0, 0.1) is 19.7 Å². The van der Waals surface area contributed by atoms with E-state index in [4.69, 9.17) is 11.6 Å². The average molecular weight is 307 g/mol. The lowest BCUT2D eigenvalue weighted by Gasteiger charge is -2.09. The fourth-order valence-corrected chi connectivity index (χ4v) is 2.22. The largest absolute Gasteiger partial charge is 0.376 e. The number of anilines is 2. The summed E-state index contributed by atoms with van der Waals surface area (Å²) < 4.78 is 13.0.